The number of amides is 1. The van der Waals surface area contributed by atoms with Gasteiger partial charge in [-0.05, 0) is 41.8 Å². The van der Waals surface area contributed by atoms with Gasteiger partial charge >= 0.3 is 0 Å². The molecule has 0 bridgehead atoms. The first-order valence-corrected chi connectivity index (χ1v) is 10.5. The zero-order valence-electron chi connectivity index (χ0n) is 14.2. The van der Waals surface area contributed by atoms with Crippen molar-refractivity contribution < 1.29 is 13.2 Å². The molecule has 2 N–H and O–H groups in total. The van der Waals surface area contributed by atoms with Crippen LogP contribution in [0.15, 0.2) is 60.2 Å². The summed E-state index contributed by atoms with van der Waals surface area (Å²) < 4.78 is 27.8. The molecule has 0 spiro atoms. The van der Waals surface area contributed by atoms with Crippen molar-refractivity contribution >= 4 is 27.3 Å². The van der Waals surface area contributed by atoms with Gasteiger partial charge in [-0.1, -0.05) is 24.3 Å². The van der Waals surface area contributed by atoms with E-state index in [1.807, 2.05) is 52.7 Å². The molecule has 0 atom stereocenters. The summed E-state index contributed by atoms with van der Waals surface area (Å²) in [6.45, 7) is 0.261. The Morgan fingerprint density at radius 1 is 1.08 bits per heavy atom. The molecule has 3 aromatic rings. The Balaban J connectivity index is 1.75. The van der Waals surface area contributed by atoms with Crippen molar-refractivity contribution in [2.45, 2.75) is 12.3 Å². The van der Waals surface area contributed by atoms with Crippen molar-refractivity contribution in [2.75, 3.05) is 7.05 Å². The van der Waals surface area contributed by atoms with Crippen molar-refractivity contribution in [3.63, 3.8) is 0 Å². The van der Waals surface area contributed by atoms with E-state index in [2.05, 4.69) is 10.0 Å². The molecule has 0 unspecified atom stereocenters. The van der Waals surface area contributed by atoms with Gasteiger partial charge in [-0.15, -0.1) is 11.3 Å². The Hall–Kier alpha value is -2.42. The number of nitrogens with zero attached hydrogens (tertiary/aromatic N) is 1. The maximum Gasteiger partial charge on any atom is 0.263 e. The summed E-state index contributed by atoms with van der Waals surface area (Å²) in [7, 11) is -1.99. The second-order valence-electron chi connectivity index (χ2n) is 5.64. The van der Waals surface area contributed by atoms with Crippen LogP contribution in [0.3, 0.4) is 0 Å². The van der Waals surface area contributed by atoms with E-state index in [1.54, 1.807) is 12.1 Å². The van der Waals surface area contributed by atoms with E-state index in [0.29, 0.717) is 10.4 Å². The molecule has 26 heavy (non-hydrogen) atoms. The molecular formula is C18H19N3O3S2. The van der Waals surface area contributed by atoms with E-state index in [9.17, 15) is 13.2 Å². The Bertz CT molecular complexity index is 992. The average Bonchev–Trinajstić information content (AvgIpc) is 3.31. The zero-order valence-corrected chi connectivity index (χ0v) is 15.8. The molecule has 2 aromatic heterocycles. The molecule has 0 aliphatic carbocycles. The number of thiophene rings is 1. The predicted octanol–water partition coefficient (Wildman–Crippen LogP) is 2.52. The van der Waals surface area contributed by atoms with Gasteiger partial charge in [0, 0.05) is 18.9 Å². The lowest BCUT2D eigenvalue weighted by molar-refractivity contribution is 0.0955. The van der Waals surface area contributed by atoms with Crippen molar-refractivity contribution in [3.8, 4) is 5.69 Å². The summed E-state index contributed by atoms with van der Waals surface area (Å²) >= 11 is 1.37. The number of sulfonamides is 1. The fourth-order valence-corrected chi connectivity index (χ4v) is 4.22. The number of hydrogen-bond donors (Lipinski definition) is 2. The lowest BCUT2D eigenvalue weighted by Gasteiger charge is -2.11. The van der Waals surface area contributed by atoms with Gasteiger partial charge in [0.1, 0.15) is 4.88 Å². The molecule has 1 amide bonds. The molecule has 0 saturated carbocycles. The third kappa shape index (κ3) is 4.21. The first-order valence-electron chi connectivity index (χ1n) is 7.97. The van der Waals surface area contributed by atoms with E-state index >= 15 is 0 Å². The number of carbonyl (C=O) groups is 1. The molecule has 0 saturated heterocycles. The van der Waals surface area contributed by atoms with Crippen LogP contribution in [0.1, 0.15) is 20.8 Å². The van der Waals surface area contributed by atoms with E-state index in [1.165, 1.54) is 18.4 Å². The van der Waals surface area contributed by atoms with E-state index in [0.717, 1.165) is 11.3 Å². The Morgan fingerprint density at radius 3 is 2.46 bits per heavy atom. The first-order chi connectivity index (χ1) is 12.5. The Labute approximate surface area is 156 Å². The molecule has 136 valence electrons. The summed E-state index contributed by atoms with van der Waals surface area (Å²) in [4.78, 5) is 13.2. The van der Waals surface area contributed by atoms with Gasteiger partial charge < -0.3 is 9.88 Å². The van der Waals surface area contributed by atoms with Crippen LogP contribution < -0.4 is 10.0 Å². The molecule has 0 aliphatic rings. The zero-order chi connectivity index (χ0) is 18.6. The molecular weight excluding hydrogens is 370 g/mol. The Morgan fingerprint density at radius 2 is 1.77 bits per heavy atom. The summed E-state index contributed by atoms with van der Waals surface area (Å²) in [6.07, 6.45) is 3.77. The second kappa shape index (κ2) is 7.86. The van der Waals surface area contributed by atoms with Crippen LogP contribution in [0, 0.1) is 0 Å². The quantitative estimate of drug-likeness (QED) is 0.652. The predicted molar refractivity (Wildman–Crippen MR) is 103 cm³/mol. The number of hydrogen-bond acceptors (Lipinski definition) is 4. The highest BCUT2D eigenvalue weighted by molar-refractivity contribution is 7.88. The second-order valence-corrected chi connectivity index (χ2v) is 8.48. The first kappa shape index (κ1) is 18.4. The maximum absolute atomic E-state index is 12.6. The lowest BCUT2D eigenvalue weighted by atomic mass is 10.1. The minimum atomic E-state index is -3.38. The average molecular weight is 390 g/mol. The molecule has 1 aromatic carbocycles. The van der Waals surface area contributed by atoms with E-state index < -0.39 is 10.0 Å². The van der Waals surface area contributed by atoms with Gasteiger partial charge in [0.2, 0.25) is 10.0 Å². The van der Waals surface area contributed by atoms with Crippen LogP contribution in [-0.2, 0) is 22.3 Å². The normalized spacial score (nSPS) is 11.4. The highest BCUT2D eigenvalue weighted by Crippen LogP contribution is 2.21. The molecule has 8 heteroatoms. The van der Waals surface area contributed by atoms with Crippen LogP contribution >= 0.6 is 11.3 Å². The van der Waals surface area contributed by atoms with E-state index in [4.69, 9.17) is 0 Å². The van der Waals surface area contributed by atoms with Crippen LogP contribution in [0.2, 0.25) is 0 Å². The lowest BCUT2D eigenvalue weighted by Crippen LogP contribution is -2.25. The highest BCUT2D eigenvalue weighted by atomic mass is 32.2. The molecule has 6 nitrogen and oxygen atoms in total. The minimum Gasteiger partial charge on any atom is -0.347 e. The summed E-state index contributed by atoms with van der Waals surface area (Å²) in [5, 5.41) is 4.76. The molecule has 2 heterocycles. The monoisotopic (exact) mass is 389 g/mol. The standard InChI is InChI=1S/C18H19N3O3S2/c1-19-26(23,24)13-15-7-3-2-6-14(15)12-20-18(22)17-16(8-11-25-17)21-9-4-5-10-21/h2-11,19H,12-13H2,1H3,(H,20,22). The molecule has 0 radical (unpaired) electrons. The third-order valence-electron chi connectivity index (χ3n) is 3.95. The number of benzene rings is 1. The van der Waals surface area contributed by atoms with Gasteiger partial charge in [-0.2, -0.15) is 0 Å². The number of nitrogens with one attached hydrogen (secondary N) is 2. The molecule has 0 fully saturated rings. The van der Waals surface area contributed by atoms with Gasteiger partial charge in [0.05, 0.1) is 11.4 Å². The fourth-order valence-electron chi connectivity index (χ4n) is 2.57. The van der Waals surface area contributed by atoms with Crippen molar-refractivity contribution in [2.24, 2.45) is 0 Å². The van der Waals surface area contributed by atoms with Crippen molar-refractivity contribution in [3.05, 3.63) is 76.2 Å². The van der Waals surface area contributed by atoms with Crippen LogP contribution in [0.5, 0.6) is 0 Å². The summed E-state index contributed by atoms with van der Waals surface area (Å²) in [5.74, 6) is -0.307. The smallest absolute Gasteiger partial charge is 0.263 e. The fraction of sp³-hybridized carbons (Fsp3) is 0.167. The largest absolute Gasteiger partial charge is 0.347 e. The number of rotatable bonds is 7. The topological polar surface area (TPSA) is 80.2 Å². The highest BCUT2D eigenvalue weighted by Gasteiger charge is 2.16. The van der Waals surface area contributed by atoms with Crippen LogP contribution in [0.25, 0.3) is 5.69 Å². The minimum absolute atomic E-state index is 0.122. The maximum atomic E-state index is 12.6. The third-order valence-corrected chi connectivity index (χ3v) is 6.16. The Kier molecular flexibility index (Phi) is 5.55. The van der Waals surface area contributed by atoms with Gasteiger partial charge in [-0.3, -0.25) is 4.79 Å². The van der Waals surface area contributed by atoms with Gasteiger partial charge in [-0.25, -0.2) is 13.1 Å². The summed E-state index contributed by atoms with van der Waals surface area (Å²) in [6, 6.07) is 12.9. The molecule has 0 aliphatic heterocycles. The van der Waals surface area contributed by atoms with E-state index in [-0.39, 0.29) is 18.2 Å². The van der Waals surface area contributed by atoms with Crippen molar-refractivity contribution in [1.82, 2.24) is 14.6 Å². The number of carbonyl (C=O) groups excluding carboxylic acids is 1. The van der Waals surface area contributed by atoms with Crippen molar-refractivity contribution in [1.29, 1.82) is 0 Å². The van der Waals surface area contributed by atoms with Crippen LogP contribution in [-0.4, -0.2) is 25.9 Å². The van der Waals surface area contributed by atoms with Gasteiger partial charge in [0.25, 0.3) is 5.91 Å². The van der Waals surface area contributed by atoms with Crippen LogP contribution in [0.4, 0.5) is 0 Å². The molecule has 3 rings (SSSR count). The number of aromatic nitrogens is 1. The SMILES string of the molecule is CNS(=O)(=O)Cc1ccccc1CNC(=O)c1sccc1-n1cccc1. The van der Waals surface area contributed by atoms with Gasteiger partial charge in [0.15, 0.2) is 0 Å². The summed E-state index contributed by atoms with van der Waals surface area (Å²) in [5.41, 5.74) is 2.27.